The van der Waals surface area contributed by atoms with Crippen LogP contribution >= 0.6 is 48.8 Å². The van der Waals surface area contributed by atoms with Gasteiger partial charge in [0.15, 0.2) is 0 Å². The smallest absolute Gasteiger partial charge is 0.335 e. The molecule has 3 aromatic heterocycles. The second-order valence-electron chi connectivity index (χ2n) is 16.7. The Bertz CT molecular complexity index is 3430. The fourth-order valence-corrected chi connectivity index (χ4v) is 6.83. The normalized spacial score (nSPS) is 9.37. The van der Waals surface area contributed by atoms with Crippen LogP contribution in [-0.4, -0.2) is 96.7 Å². The van der Waals surface area contributed by atoms with E-state index < -0.39 is 18.3 Å². The van der Waals surface area contributed by atoms with Gasteiger partial charge in [0.05, 0.1) is 16.6 Å². The van der Waals surface area contributed by atoms with Gasteiger partial charge in [-0.05, 0) is 140 Å². The van der Waals surface area contributed by atoms with Gasteiger partial charge in [-0.3, -0.25) is 9.78 Å². The highest BCUT2D eigenvalue weighted by atomic mass is 35.5. The summed E-state index contributed by atoms with van der Waals surface area (Å²) in [7, 11) is 18.0. The molecule has 20 N–H and O–H groups in total. The molecule has 6 aromatic carbocycles. The molecule has 0 fully saturated rings. The number of carboxylic acids is 2. The molecule has 0 aliphatic carbocycles. The number of anilines is 15. The lowest BCUT2D eigenvalue weighted by Gasteiger charge is -2.15. The number of nitrogens with one attached hydrogen (secondary N) is 4. The van der Waals surface area contributed by atoms with Gasteiger partial charge in [0.1, 0.15) is 23.3 Å². The van der Waals surface area contributed by atoms with E-state index in [0.717, 1.165) is 33.7 Å². The fraction of sp³-hybridized carbons (Fsp3) is 0.0741. The van der Waals surface area contributed by atoms with E-state index in [-0.39, 0.29) is 94.1 Å². The number of pyridine rings is 1. The van der Waals surface area contributed by atoms with Crippen molar-refractivity contribution < 1.29 is 26.0 Å². The average molecular weight is 1220 g/mol. The van der Waals surface area contributed by atoms with Crippen molar-refractivity contribution in [2.24, 2.45) is 0 Å². The van der Waals surface area contributed by atoms with Crippen molar-refractivity contribution in [2.45, 2.75) is 14.9 Å². The first-order valence-corrected chi connectivity index (χ1v) is 23.6. The van der Waals surface area contributed by atoms with Gasteiger partial charge in [-0.2, -0.15) is 19.9 Å². The molecule has 0 unspecified atom stereocenters. The minimum absolute atomic E-state index is 0. The van der Waals surface area contributed by atoms with Crippen molar-refractivity contribution in [3.8, 4) is 0 Å². The molecule has 0 saturated carbocycles. The number of carbonyl (C=O) groups excluding carboxylic acids is 1. The van der Waals surface area contributed by atoms with Crippen molar-refractivity contribution in [1.29, 1.82) is 0 Å². The summed E-state index contributed by atoms with van der Waals surface area (Å²) in [6.07, 6.45) is 1.12. The number of rotatable bonds is 11. The number of hydrogen-bond acceptors (Lipinski definition) is 19. The molecule has 84 heavy (non-hydrogen) atoms. The van der Waals surface area contributed by atoms with Crippen molar-refractivity contribution in [2.75, 3.05) is 80.4 Å². The van der Waals surface area contributed by atoms with Crippen LogP contribution in [0.1, 0.15) is 47.4 Å². The van der Waals surface area contributed by atoms with Crippen LogP contribution in [0, 0.1) is 0 Å². The van der Waals surface area contributed by atoms with Gasteiger partial charge in [0, 0.05) is 131 Å². The lowest BCUT2D eigenvalue weighted by Crippen LogP contribution is -2.11. The predicted molar refractivity (Wildman–Crippen MR) is 360 cm³/mol. The number of hydrogen-bond donors (Lipinski definition) is 13. The molecule has 0 aliphatic rings. The summed E-state index contributed by atoms with van der Waals surface area (Å²) in [5.74, 6) is -0.531. The SMILES string of the molecule is C.C.CN(C)c1ccc2nccc(Nc3ccc(NC(=O)c4ccc(Nc5cc(N)nc(N)n5)cc4)cc3)c2c1.Cl.Cl.Cl.Nc1cc(N)cc(Cl)c1.Nc1cc(Nc2ccc(C(=O)O)cc2)nc(N)n1.Nc1ccc(C(=O)O)cc1.[2HH].[B]B([B])[B]. The number of benzene rings is 6. The third-order valence-electron chi connectivity index (χ3n) is 10.1. The molecule has 436 valence electrons. The lowest BCUT2D eigenvalue weighted by molar-refractivity contribution is 0.0686. The second kappa shape index (κ2) is 36.1. The average Bonchev–Trinajstić information content (AvgIpc) is 3.59. The number of nitrogen functional groups attached to an aromatic ring is 7. The largest absolute Gasteiger partial charge is 0.478 e. The Morgan fingerprint density at radius 3 is 1.35 bits per heavy atom. The highest BCUT2D eigenvalue weighted by molar-refractivity contribution is 7.49. The summed E-state index contributed by atoms with van der Waals surface area (Å²) in [5, 5.41) is 31.2. The molecule has 3 heterocycles. The number of carboxylic acid groups (broad SMARTS) is 2. The highest BCUT2D eigenvalue weighted by Crippen LogP contribution is 2.29. The van der Waals surface area contributed by atoms with E-state index in [9.17, 15) is 14.4 Å². The third kappa shape index (κ3) is 25.1. The van der Waals surface area contributed by atoms with Gasteiger partial charge in [0.25, 0.3) is 5.91 Å². The van der Waals surface area contributed by atoms with Gasteiger partial charge >= 0.3 is 11.9 Å². The lowest BCUT2D eigenvalue weighted by atomic mass is 9.08. The van der Waals surface area contributed by atoms with Gasteiger partial charge in [-0.1, -0.05) is 26.5 Å². The van der Waals surface area contributed by atoms with Crippen LogP contribution in [0.3, 0.4) is 0 Å². The van der Waals surface area contributed by atoms with Crippen LogP contribution in [0.25, 0.3) is 10.9 Å². The quantitative estimate of drug-likeness (QED) is 0.0423. The van der Waals surface area contributed by atoms with E-state index in [2.05, 4.69) is 80.4 Å². The van der Waals surface area contributed by atoms with Crippen LogP contribution < -0.4 is 66.3 Å². The van der Waals surface area contributed by atoms with Gasteiger partial charge in [0.2, 0.25) is 11.9 Å². The van der Waals surface area contributed by atoms with Crippen molar-refractivity contribution >= 4 is 194 Å². The van der Waals surface area contributed by atoms with E-state index in [0.29, 0.717) is 50.7 Å². The molecule has 0 saturated heterocycles. The second-order valence-corrected chi connectivity index (χ2v) is 17.2. The maximum Gasteiger partial charge on any atom is 0.335 e. The number of nitrogens with two attached hydrogens (primary N) is 7. The molecule has 0 spiro atoms. The van der Waals surface area contributed by atoms with Crippen molar-refractivity contribution in [1.82, 2.24) is 24.9 Å². The Hall–Kier alpha value is -9.48. The molecule has 0 atom stereocenters. The number of carbonyl (C=O) groups is 3. The van der Waals surface area contributed by atoms with Crippen LogP contribution in [0.15, 0.2) is 158 Å². The number of fused-ring (bicyclic) bond motifs is 1. The van der Waals surface area contributed by atoms with E-state index in [1.54, 1.807) is 79.0 Å². The molecule has 1 amide bonds. The van der Waals surface area contributed by atoms with Gasteiger partial charge in [-0.15, -0.1) is 37.2 Å². The summed E-state index contributed by atoms with van der Waals surface area (Å²) in [6.45, 7) is 0. The maximum absolute atomic E-state index is 12.8. The van der Waals surface area contributed by atoms with Crippen LogP contribution in [0.5, 0.6) is 0 Å². The molecule has 0 aliphatic heterocycles. The van der Waals surface area contributed by atoms with Gasteiger partial charge < -0.3 is 76.5 Å². The van der Waals surface area contributed by atoms with Gasteiger partial charge in [-0.25, -0.2) is 9.59 Å². The fourth-order valence-electron chi connectivity index (χ4n) is 6.57. The maximum atomic E-state index is 12.8. The standard InChI is InChI=1S/C28H27N9O.C11H11N5O2.C7H7NO2.C6H7ClN2.2CH4.B4.3ClH.H2/c1-37(2)21-11-12-23-22(15-21)24(13-14-31-23)32-18-7-9-20(10-8-18)34-27(38)17-3-5-19(6-4-17)33-26-16-25(29)35-28(30)36-26;12-8-5-9(16-11(13)15-8)14-7-3-1-6(2-4-7)10(17)18;8-6-3-1-5(2-4-6)7(9)10;7-4-1-5(8)3-6(9)2-4;;;1-4(2)3;;;;/h3-16H,1-2H3,(H,31,32)(H,34,38)(H5,29,30,33,35,36);1-5H,(H,17,18)(H5,12,13,14,15,16);1-4H,8H2,(H,9,10);1-3H,8-9H2;2*1H4;;4*1H/i;;;;;;;;;;1+1. The Morgan fingerprint density at radius 1 is 0.524 bits per heavy atom. The van der Waals surface area contributed by atoms with Crippen LogP contribution in [0.2, 0.25) is 5.02 Å². The molecule has 9 aromatic rings. The first kappa shape index (κ1) is 74.5. The molecule has 30 heteroatoms. The molecule has 9 rings (SSSR count). The number of nitrogens with zero attached hydrogens (tertiary/aromatic N) is 6. The molecular formula is C54H65B4Cl4N17O5. The summed E-state index contributed by atoms with van der Waals surface area (Å²) in [4.78, 5) is 55.9. The summed E-state index contributed by atoms with van der Waals surface area (Å²) in [6, 6.07) is 43.0. The zero-order valence-corrected chi connectivity index (χ0v) is 47.0. The number of halogens is 4. The number of aromatic carboxylic acids is 2. The van der Waals surface area contributed by atoms with E-state index >= 15 is 0 Å². The molecule has 0 bridgehead atoms. The van der Waals surface area contributed by atoms with Crippen LogP contribution in [0.4, 0.5) is 86.4 Å². The monoisotopic (exact) mass is 1220 g/mol. The Morgan fingerprint density at radius 2 is 0.929 bits per heavy atom. The third-order valence-corrected chi connectivity index (χ3v) is 10.3. The highest BCUT2D eigenvalue weighted by Gasteiger charge is 2.10. The number of aromatic nitrogens is 5. The topological polar surface area (TPSA) is 390 Å². The molecule has 22 nitrogen and oxygen atoms in total. The Balaban J connectivity index is 0. The Kier molecular flexibility index (Phi) is 32.0. The number of amides is 1. The minimum atomic E-state index is -0.975. The first-order chi connectivity index (χ1) is 37.5. The summed E-state index contributed by atoms with van der Waals surface area (Å²) >= 11 is 5.59. The summed E-state index contributed by atoms with van der Waals surface area (Å²) < 4.78 is 0. The zero-order valence-electron chi connectivity index (χ0n) is 43.8. The Labute approximate surface area is 516 Å². The summed E-state index contributed by atoms with van der Waals surface area (Å²) in [5.41, 5.74) is 47.1. The van der Waals surface area contributed by atoms with Crippen molar-refractivity contribution in [3.05, 3.63) is 180 Å². The van der Waals surface area contributed by atoms with Crippen LogP contribution in [-0.2, 0) is 0 Å². The molecular weight excluding hydrogens is 1150 g/mol. The molecule has 6 radical (unpaired) electrons. The van der Waals surface area contributed by atoms with E-state index in [1.807, 2.05) is 56.6 Å². The van der Waals surface area contributed by atoms with E-state index in [4.69, 9.17) is 61.9 Å². The minimum Gasteiger partial charge on any atom is -0.478 e. The van der Waals surface area contributed by atoms with Crippen molar-refractivity contribution in [3.63, 3.8) is 0 Å². The predicted octanol–water partition coefficient (Wildman–Crippen LogP) is 9.81. The van der Waals surface area contributed by atoms with E-state index in [1.165, 1.54) is 30.3 Å². The first-order valence-electron chi connectivity index (χ1n) is 23.2. The zero-order chi connectivity index (χ0) is 57.8.